The summed E-state index contributed by atoms with van der Waals surface area (Å²) < 4.78 is 6.93. The Balaban J connectivity index is 0.936. The van der Waals surface area contributed by atoms with Crippen LogP contribution in [-0.4, -0.2) is 101 Å². The van der Waals surface area contributed by atoms with Crippen molar-refractivity contribution in [2.24, 2.45) is 5.41 Å². The fraction of sp³-hybridized carbons (Fsp3) is 0.415. The van der Waals surface area contributed by atoms with Gasteiger partial charge in [-0.2, -0.15) is 10.2 Å². The average molecular weight is 748 g/mol. The first-order valence-electron chi connectivity index (χ1n) is 18.6. The Morgan fingerprint density at radius 1 is 1.02 bits per heavy atom. The lowest BCUT2D eigenvalue weighted by Gasteiger charge is -2.29. The number of pyridine rings is 1. The van der Waals surface area contributed by atoms with Gasteiger partial charge in [0.25, 0.3) is 0 Å². The summed E-state index contributed by atoms with van der Waals surface area (Å²) >= 11 is 1.55. The number of nitrogens with zero attached hydrogens (tertiary/aromatic N) is 7. The molecule has 1 fully saturated rings. The number of rotatable bonds is 11. The van der Waals surface area contributed by atoms with Crippen molar-refractivity contribution in [2.45, 2.75) is 64.9 Å². The van der Waals surface area contributed by atoms with Crippen LogP contribution in [0.4, 0.5) is 5.69 Å². The van der Waals surface area contributed by atoms with Crippen LogP contribution in [0.5, 0.6) is 5.88 Å². The number of hydrogen-bond acceptors (Lipinski definition) is 9. The molecule has 2 aliphatic heterocycles. The lowest BCUT2D eigenvalue weighted by molar-refractivity contribution is -0.132. The molecule has 282 valence electrons. The van der Waals surface area contributed by atoms with Crippen molar-refractivity contribution in [3.63, 3.8) is 0 Å². The molecule has 1 saturated heterocycles. The van der Waals surface area contributed by atoms with E-state index in [1.165, 1.54) is 5.57 Å². The van der Waals surface area contributed by atoms with E-state index in [1.54, 1.807) is 24.3 Å². The van der Waals surface area contributed by atoms with Crippen LogP contribution in [0.25, 0.3) is 39.1 Å². The Labute approximate surface area is 320 Å². The van der Waals surface area contributed by atoms with Crippen molar-refractivity contribution in [3.05, 3.63) is 78.8 Å². The second kappa shape index (κ2) is 15.4. The lowest BCUT2D eigenvalue weighted by atomic mass is 9.97. The number of hydrogen-bond donors (Lipinski definition) is 2. The number of ether oxygens (including phenoxy) is 1. The van der Waals surface area contributed by atoms with E-state index in [0.29, 0.717) is 50.7 Å². The highest BCUT2D eigenvalue weighted by Gasteiger charge is 2.44. The van der Waals surface area contributed by atoms with Crippen molar-refractivity contribution in [2.75, 3.05) is 44.3 Å². The largest absolute Gasteiger partial charge is 0.475 e. The first-order valence-corrected chi connectivity index (χ1v) is 19.8. The van der Waals surface area contributed by atoms with E-state index >= 15 is 0 Å². The molecular weight excluding hydrogens is 699 g/mol. The molecule has 3 aromatic heterocycles. The second-order valence-corrected chi connectivity index (χ2v) is 16.9. The van der Waals surface area contributed by atoms with Gasteiger partial charge in [0.15, 0.2) is 5.82 Å². The summed E-state index contributed by atoms with van der Waals surface area (Å²) in [4.78, 5) is 40.3. The van der Waals surface area contributed by atoms with Gasteiger partial charge in [0.05, 0.1) is 18.2 Å². The van der Waals surface area contributed by atoms with Crippen LogP contribution in [0.15, 0.2) is 73.2 Å². The van der Waals surface area contributed by atoms with Gasteiger partial charge in [-0.1, -0.05) is 51.1 Å². The van der Waals surface area contributed by atoms with E-state index in [4.69, 9.17) is 4.74 Å². The number of likely N-dealkylation sites (tertiary alicyclic amines) is 1. The number of carbonyl (C=O) groups excluding carboxylic acids is 2. The summed E-state index contributed by atoms with van der Waals surface area (Å²) in [5.41, 5.74) is 6.66. The Morgan fingerprint density at radius 3 is 2.48 bits per heavy atom. The fourth-order valence-electron chi connectivity index (χ4n) is 7.10. The monoisotopic (exact) mass is 747 g/mol. The molecule has 2 aliphatic rings. The Bertz CT molecular complexity index is 2150. The van der Waals surface area contributed by atoms with Crippen molar-refractivity contribution < 1.29 is 14.3 Å². The molecule has 7 rings (SSSR count). The molecule has 54 heavy (non-hydrogen) atoms. The van der Waals surface area contributed by atoms with Crippen LogP contribution < -0.4 is 10.1 Å². The molecule has 0 spiro atoms. The van der Waals surface area contributed by atoms with E-state index in [-0.39, 0.29) is 23.3 Å². The zero-order valence-electron chi connectivity index (χ0n) is 31.9. The highest BCUT2D eigenvalue weighted by molar-refractivity contribution is 8.00. The van der Waals surface area contributed by atoms with Crippen LogP contribution in [0, 0.1) is 5.41 Å². The molecule has 12 nitrogen and oxygen atoms in total. The molecule has 2 N–H and O–H groups in total. The third-order valence-electron chi connectivity index (χ3n) is 9.91. The predicted octanol–water partition coefficient (Wildman–Crippen LogP) is 6.78. The van der Waals surface area contributed by atoms with Gasteiger partial charge in [0, 0.05) is 67.2 Å². The number of aromatic amines is 1. The molecule has 0 radical (unpaired) electrons. The molecule has 2 amide bonds. The maximum Gasteiger partial charge on any atom is 0.241 e. The quantitative estimate of drug-likeness (QED) is 0.150. The summed E-state index contributed by atoms with van der Waals surface area (Å²) in [7, 11) is 0. The SMILES string of the molecule is CS[C@@]1(C(=O)Nc2ccc3[nH]nc(-c4ccc(OC(C)C)nc4)c3c2)CCN(CC(=O)N2CC=C(c3ccc(-c4ncn(CC(C)(C)C)n4)cc3)CC2)C1. The average Bonchev–Trinajstić information content (AvgIpc) is 3.90. The van der Waals surface area contributed by atoms with Gasteiger partial charge in [-0.05, 0) is 73.8 Å². The standard InChI is InChI=1S/C41H49N9O3S/c1-27(2)53-35-14-11-31(22-42-35)37-33-21-32(12-13-34(33)45-46-37)44-39(52)41(54-6)17-20-48(25-41)23-36(51)49-18-15-29(16-19-49)28-7-9-30(10-8-28)38-43-26-50(47-38)24-40(3,4)5/h7-15,21-22,26-27H,16-20,23-25H2,1-6H3,(H,44,52)(H,45,46)/t41-/m0/s1. The van der Waals surface area contributed by atoms with E-state index in [2.05, 4.69) is 86.6 Å². The highest BCUT2D eigenvalue weighted by Crippen LogP contribution is 2.36. The first kappa shape index (κ1) is 37.3. The summed E-state index contributed by atoms with van der Waals surface area (Å²) in [5, 5.41) is 16.3. The summed E-state index contributed by atoms with van der Waals surface area (Å²) in [5.74, 6) is 1.32. The normalized spacial score (nSPS) is 18.0. The molecule has 0 bridgehead atoms. The number of aromatic nitrogens is 6. The number of amides is 2. The van der Waals surface area contributed by atoms with Crippen molar-refractivity contribution in [3.8, 4) is 28.5 Å². The number of anilines is 1. The number of carbonyl (C=O) groups is 2. The third-order valence-corrected chi connectivity index (χ3v) is 11.2. The molecule has 5 aromatic rings. The molecule has 13 heteroatoms. The smallest absolute Gasteiger partial charge is 0.241 e. The van der Waals surface area contributed by atoms with Gasteiger partial charge in [-0.25, -0.2) is 9.97 Å². The molecule has 0 aliphatic carbocycles. The van der Waals surface area contributed by atoms with Crippen LogP contribution in [0.3, 0.4) is 0 Å². The highest BCUT2D eigenvalue weighted by atomic mass is 32.2. The topological polar surface area (TPSA) is 134 Å². The van der Waals surface area contributed by atoms with E-state index < -0.39 is 4.75 Å². The minimum atomic E-state index is -0.661. The van der Waals surface area contributed by atoms with Crippen molar-refractivity contribution >= 4 is 45.7 Å². The first-order chi connectivity index (χ1) is 25.9. The Kier molecular flexibility index (Phi) is 10.6. The lowest BCUT2D eigenvalue weighted by Crippen LogP contribution is -2.45. The van der Waals surface area contributed by atoms with E-state index in [9.17, 15) is 9.59 Å². The molecule has 2 aromatic carbocycles. The number of fused-ring (bicyclic) bond motifs is 1. The van der Waals surface area contributed by atoms with E-state index in [0.717, 1.165) is 52.1 Å². The molecule has 1 atom stereocenters. The van der Waals surface area contributed by atoms with Crippen LogP contribution in [0.1, 0.15) is 53.0 Å². The number of nitrogens with one attached hydrogen (secondary N) is 2. The minimum Gasteiger partial charge on any atom is -0.475 e. The minimum absolute atomic E-state index is 0.0365. The van der Waals surface area contributed by atoms with Gasteiger partial charge in [0.1, 0.15) is 16.8 Å². The molecular formula is C41H49N9O3S. The van der Waals surface area contributed by atoms with Gasteiger partial charge in [-0.15, -0.1) is 11.8 Å². The van der Waals surface area contributed by atoms with Crippen molar-refractivity contribution in [1.82, 2.24) is 39.7 Å². The van der Waals surface area contributed by atoms with Crippen molar-refractivity contribution in [1.29, 1.82) is 0 Å². The van der Waals surface area contributed by atoms with Crippen LogP contribution >= 0.6 is 11.8 Å². The summed E-state index contributed by atoms with van der Waals surface area (Å²) in [6.45, 7) is 14.0. The van der Waals surface area contributed by atoms with Gasteiger partial charge in [-0.3, -0.25) is 24.3 Å². The molecule has 5 heterocycles. The molecule has 0 saturated carbocycles. The zero-order valence-corrected chi connectivity index (χ0v) is 32.7. The van der Waals surface area contributed by atoms with Gasteiger partial charge < -0.3 is 15.0 Å². The van der Waals surface area contributed by atoms with Crippen LogP contribution in [-0.2, 0) is 16.1 Å². The predicted molar refractivity (Wildman–Crippen MR) is 215 cm³/mol. The maximum atomic E-state index is 13.9. The fourth-order valence-corrected chi connectivity index (χ4v) is 7.94. The number of thioether (sulfide) groups is 1. The second-order valence-electron chi connectivity index (χ2n) is 15.7. The van der Waals surface area contributed by atoms with Crippen LogP contribution in [0.2, 0.25) is 0 Å². The summed E-state index contributed by atoms with van der Waals surface area (Å²) in [6.07, 6.45) is 9.16. The zero-order chi connectivity index (χ0) is 38.0. The Morgan fingerprint density at radius 2 is 1.80 bits per heavy atom. The Hall–Kier alpha value is -5.01. The molecule has 0 unspecified atom stereocenters. The van der Waals surface area contributed by atoms with Gasteiger partial charge in [0.2, 0.25) is 17.7 Å². The number of benzene rings is 2. The van der Waals surface area contributed by atoms with Gasteiger partial charge >= 0.3 is 0 Å². The summed E-state index contributed by atoms with van der Waals surface area (Å²) in [6, 6.07) is 17.9. The number of H-pyrrole nitrogens is 1. The van der Waals surface area contributed by atoms with E-state index in [1.807, 2.05) is 60.0 Å². The maximum absolute atomic E-state index is 13.9. The third kappa shape index (κ3) is 8.37.